The van der Waals surface area contributed by atoms with Crippen molar-refractivity contribution in [3.05, 3.63) is 93.3 Å². The highest BCUT2D eigenvalue weighted by molar-refractivity contribution is 6.30. The molecule has 7 heteroatoms. The third-order valence-corrected chi connectivity index (χ3v) is 5.73. The van der Waals surface area contributed by atoms with E-state index in [-0.39, 0.29) is 29.1 Å². The van der Waals surface area contributed by atoms with E-state index in [1.807, 2.05) is 31.2 Å². The number of hydrogen-bond acceptors (Lipinski definition) is 5. The number of carbonyl (C=O) groups is 1. The van der Waals surface area contributed by atoms with Gasteiger partial charge >= 0.3 is 0 Å². The van der Waals surface area contributed by atoms with Crippen molar-refractivity contribution < 1.29 is 18.7 Å². The Morgan fingerprint density at radius 2 is 1.71 bits per heavy atom. The first-order valence-corrected chi connectivity index (χ1v) is 11.5. The highest BCUT2D eigenvalue weighted by Gasteiger charge is 2.15. The Hall–Kier alpha value is -3.77. The van der Waals surface area contributed by atoms with Gasteiger partial charge in [-0.3, -0.25) is 9.59 Å². The summed E-state index contributed by atoms with van der Waals surface area (Å²) < 4.78 is 17.0. The van der Waals surface area contributed by atoms with Crippen LogP contribution in [-0.4, -0.2) is 12.5 Å². The van der Waals surface area contributed by atoms with Crippen LogP contribution < -0.4 is 20.2 Å². The van der Waals surface area contributed by atoms with E-state index >= 15 is 0 Å². The van der Waals surface area contributed by atoms with Gasteiger partial charge in [0.2, 0.25) is 11.2 Å². The van der Waals surface area contributed by atoms with Crippen LogP contribution in [0.25, 0.3) is 11.0 Å². The van der Waals surface area contributed by atoms with Crippen molar-refractivity contribution >= 4 is 34.2 Å². The number of benzene rings is 3. The number of hydrogen-bond donors (Lipinski definition) is 1. The molecule has 0 bridgehead atoms. The molecule has 0 fully saturated rings. The molecule has 1 heterocycles. The first-order valence-electron chi connectivity index (χ1n) is 11.1. The molecular formula is C28H26ClNO5. The largest absolute Gasteiger partial charge is 0.484 e. The summed E-state index contributed by atoms with van der Waals surface area (Å²) in [4.78, 5) is 25.2. The Kier molecular flexibility index (Phi) is 6.85. The fourth-order valence-electron chi connectivity index (χ4n) is 3.50. The Morgan fingerprint density at radius 1 is 1.00 bits per heavy atom. The predicted molar refractivity (Wildman–Crippen MR) is 138 cm³/mol. The van der Waals surface area contributed by atoms with E-state index in [1.54, 1.807) is 36.4 Å². The van der Waals surface area contributed by atoms with Gasteiger partial charge in [0.1, 0.15) is 23.3 Å². The molecule has 0 radical (unpaired) electrons. The molecule has 3 aromatic carbocycles. The molecule has 0 saturated carbocycles. The molecule has 0 spiro atoms. The van der Waals surface area contributed by atoms with Crippen molar-refractivity contribution in [1.82, 2.24) is 0 Å². The Morgan fingerprint density at radius 3 is 2.40 bits per heavy atom. The molecule has 0 aliphatic carbocycles. The molecule has 0 saturated heterocycles. The monoisotopic (exact) mass is 491 g/mol. The maximum Gasteiger partial charge on any atom is 0.262 e. The molecular weight excluding hydrogens is 466 g/mol. The quantitative estimate of drug-likeness (QED) is 0.318. The summed E-state index contributed by atoms with van der Waals surface area (Å²) in [7, 11) is 0. The number of fused-ring (bicyclic) bond motifs is 1. The maximum absolute atomic E-state index is 12.9. The summed E-state index contributed by atoms with van der Waals surface area (Å²) in [6, 6.07) is 17.6. The summed E-state index contributed by atoms with van der Waals surface area (Å²) in [5, 5.41) is 3.73. The lowest BCUT2D eigenvalue weighted by atomic mass is 9.87. The van der Waals surface area contributed by atoms with Gasteiger partial charge in [-0.2, -0.15) is 0 Å². The molecule has 1 amide bonds. The zero-order valence-corrected chi connectivity index (χ0v) is 20.7. The number of amides is 1. The second-order valence-corrected chi connectivity index (χ2v) is 9.70. The van der Waals surface area contributed by atoms with E-state index in [0.717, 1.165) is 5.56 Å². The van der Waals surface area contributed by atoms with E-state index in [2.05, 4.69) is 26.1 Å². The number of ether oxygens (including phenoxy) is 2. The van der Waals surface area contributed by atoms with Crippen molar-refractivity contribution in [3.63, 3.8) is 0 Å². The van der Waals surface area contributed by atoms with Gasteiger partial charge in [-0.15, -0.1) is 0 Å². The Labute approximate surface area is 208 Å². The van der Waals surface area contributed by atoms with Crippen LogP contribution in [0.1, 0.15) is 31.9 Å². The minimum absolute atomic E-state index is 0.0236. The lowest BCUT2D eigenvalue weighted by molar-refractivity contribution is -0.118. The van der Waals surface area contributed by atoms with Crippen LogP contribution in [0.15, 0.2) is 76.1 Å². The molecule has 0 aliphatic rings. The first-order chi connectivity index (χ1) is 16.6. The number of anilines is 1. The minimum atomic E-state index is -0.321. The van der Waals surface area contributed by atoms with Gasteiger partial charge in [-0.25, -0.2) is 0 Å². The van der Waals surface area contributed by atoms with Crippen molar-refractivity contribution in [1.29, 1.82) is 0 Å². The van der Waals surface area contributed by atoms with E-state index < -0.39 is 0 Å². The fraction of sp³-hybridized carbons (Fsp3) is 0.214. The second kappa shape index (κ2) is 9.84. The predicted octanol–water partition coefficient (Wildman–Crippen LogP) is 6.86. The molecule has 0 unspecified atom stereocenters. The van der Waals surface area contributed by atoms with Gasteiger partial charge in [-0.1, -0.05) is 44.5 Å². The first kappa shape index (κ1) is 24.4. The average Bonchev–Trinajstić information content (AvgIpc) is 2.81. The molecule has 0 aliphatic heterocycles. The highest BCUT2D eigenvalue weighted by atomic mass is 35.5. The lowest BCUT2D eigenvalue weighted by Crippen LogP contribution is -2.20. The standard InChI is InChI=1S/C28H26ClNO5/c1-17-13-19(29)7-12-23(17)30-26(31)16-33-21-10-11-22-24(14-21)34-15-25(27(22)32)35-20-8-5-18(6-9-20)28(2,3)4/h5-15H,16H2,1-4H3,(H,30,31). The Balaban J connectivity index is 1.44. The zero-order chi connectivity index (χ0) is 25.2. The van der Waals surface area contributed by atoms with E-state index in [9.17, 15) is 9.59 Å². The number of aryl methyl sites for hydroxylation is 1. The number of halogens is 1. The molecule has 1 N–H and O–H groups in total. The zero-order valence-electron chi connectivity index (χ0n) is 20.0. The highest BCUT2D eigenvalue weighted by Crippen LogP contribution is 2.27. The molecule has 180 valence electrons. The van der Waals surface area contributed by atoms with E-state index in [0.29, 0.717) is 33.2 Å². The van der Waals surface area contributed by atoms with Crippen LogP contribution >= 0.6 is 11.6 Å². The molecule has 1 aromatic heterocycles. The van der Waals surface area contributed by atoms with E-state index in [4.69, 9.17) is 25.5 Å². The lowest BCUT2D eigenvalue weighted by Gasteiger charge is -2.19. The van der Waals surface area contributed by atoms with Crippen molar-refractivity contribution in [3.8, 4) is 17.2 Å². The van der Waals surface area contributed by atoms with Crippen LogP contribution in [0.4, 0.5) is 5.69 Å². The van der Waals surface area contributed by atoms with Crippen LogP contribution in [0.2, 0.25) is 5.02 Å². The maximum atomic E-state index is 12.9. The molecule has 35 heavy (non-hydrogen) atoms. The smallest absolute Gasteiger partial charge is 0.262 e. The van der Waals surface area contributed by atoms with Gasteiger partial charge in [0.25, 0.3) is 5.91 Å². The molecule has 0 atom stereocenters. The third-order valence-electron chi connectivity index (χ3n) is 5.50. The van der Waals surface area contributed by atoms with Gasteiger partial charge in [0.05, 0.1) is 5.39 Å². The number of carbonyl (C=O) groups excluding carboxylic acids is 1. The summed E-state index contributed by atoms with van der Waals surface area (Å²) >= 11 is 5.95. The van der Waals surface area contributed by atoms with Crippen LogP contribution in [0.5, 0.6) is 17.2 Å². The van der Waals surface area contributed by atoms with Gasteiger partial charge < -0.3 is 19.2 Å². The van der Waals surface area contributed by atoms with Crippen molar-refractivity contribution in [2.45, 2.75) is 33.1 Å². The van der Waals surface area contributed by atoms with Crippen LogP contribution in [0.3, 0.4) is 0 Å². The summed E-state index contributed by atoms with van der Waals surface area (Å²) in [6.07, 6.45) is 1.28. The minimum Gasteiger partial charge on any atom is -0.484 e. The number of rotatable bonds is 6. The molecule has 4 aromatic rings. The van der Waals surface area contributed by atoms with Crippen molar-refractivity contribution in [2.75, 3.05) is 11.9 Å². The fourth-order valence-corrected chi connectivity index (χ4v) is 3.73. The average molecular weight is 492 g/mol. The van der Waals surface area contributed by atoms with E-state index in [1.165, 1.54) is 11.8 Å². The third kappa shape index (κ3) is 5.84. The van der Waals surface area contributed by atoms with Gasteiger partial charge in [0.15, 0.2) is 6.61 Å². The molecule has 4 rings (SSSR count). The second-order valence-electron chi connectivity index (χ2n) is 9.26. The number of nitrogens with one attached hydrogen (secondary N) is 1. The summed E-state index contributed by atoms with van der Waals surface area (Å²) in [5.41, 5.74) is 2.73. The van der Waals surface area contributed by atoms with Crippen LogP contribution in [0, 0.1) is 6.92 Å². The summed E-state index contributed by atoms with van der Waals surface area (Å²) in [6.45, 7) is 8.04. The van der Waals surface area contributed by atoms with Crippen molar-refractivity contribution in [2.24, 2.45) is 0 Å². The normalized spacial score (nSPS) is 11.3. The van der Waals surface area contributed by atoms with Gasteiger partial charge in [-0.05, 0) is 65.9 Å². The van der Waals surface area contributed by atoms with Gasteiger partial charge in [0, 0.05) is 16.8 Å². The summed E-state index contributed by atoms with van der Waals surface area (Å²) in [5.74, 6) is 0.715. The Bertz CT molecular complexity index is 1430. The van der Waals surface area contributed by atoms with Crippen LogP contribution in [-0.2, 0) is 10.2 Å². The molecule has 6 nitrogen and oxygen atoms in total. The SMILES string of the molecule is Cc1cc(Cl)ccc1NC(=O)COc1ccc2c(=O)c(Oc3ccc(C(C)(C)C)cc3)coc2c1. The topological polar surface area (TPSA) is 77.8 Å².